The van der Waals surface area contributed by atoms with E-state index in [1.165, 1.54) is 28.8 Å². The summed E-state index contributed by atoms with van der Waals surface area (Å²) >= 11 is 0. The van der Waals surface area contributed by atoms with E-state index in [-0.39, 0.29) is 64.4 Å². The zero-order valence-electron chi connectivity index (χ0n) is 23.7. The van der Waals surface area contributed by atoms with Crippen molar-refractivity contribution in [3.05, 3.63) is 77.0 Å². The highest BCUT2D eigenvalue weighted by molar-refractivity contribution is 5.92. The molecule has 220 valence electrons. The van der Waals surface area contributed by atoms with Gasteiger partial charge in [-0.2, -0.15) is 4.98 Å². The predicted molar refractivity (Wildman–Crippen MR) is 158 cm³/mol. The van der Waals surface area contributed by atoms with E-state index in [1.54, 1.807) is 23.2 Å². The summed E-state index contributed by atoms with van der Waals surface area (Å²) in [5.74, 6) is -1.32. The molecule has 4 aromatic rings. The number of amides is 1. The van der Waals surface area contributed by atoms with Crippen molar-refractivity contribution in [3.63, 3.8) is 0 Å². The number of fused-ring (bicyclic) bond motifs is 6. The van der Waals surface area contributed by atoms with Crippen molar-refractivity contribution in [1.82, 2.24) is 24.4 Å². The minimum absolute atomic E-state index is 0.0618. The Kier molecular flexibility index (Phi) is 6.37. The number of hydrogen-bond donors (Lipinski definition) is 1. The zero-order valence-corrected chi connectivity index (χ0v) is 23.7. The molecule has 7 rings (SSSR count). The number of carbonyl (C=O) groups is 1. The summed E-state index contributed by atoms with van der Waals surface area (Å²) in [5.41, 5.74) is 0.730. The molecule has 1 amide bonds. The van der Waals surface area contributed by atoms with Gasteiger partial charge in [0.2, 0.25) is 5.91 Å². The number of benzene rings is 1. The lowest BCUT2D eigenvalue weighted by Gasteiger charge is -2.35. The number of nitrogens with one attached hydrogen (secondary N) is 1. The van der Waals surface area contributed by atoms with Crippen LogP contribution in [0, 0.1) is 11.6 Å². The number of anilines is 2. The molecular formula is C31H29F2N7O3. The predicted octanol–water partition coefficient (Wildman–Crippen LogP) is 4.02. The molecule has 2 bridgehead atoms. The quantitative estimate of drug-likeness (QED) is 0.360. The van der Waals surface area contributed by atoms with Crippen molar-refractivity contribution in [2.45, 2.75) is 38.3 Å². The molecular weight excluding hydrogens is 556 g/mol. The number of carbonyl (C=O) groups excluding carboxylic acids is 1. The van der Waals surface area contributed by atoms with Crippen molar-refractivity contribution in [2.75, 3.05) is 36.5 Å². The highest BCUT2D eigenvalue weighted by Crippen LogP contribution is 2.42. The van der Waals surface area contributed by atoms with Crippen LogP contribution in [-0.2, 0) is 4.79 Å². The Bertz CT molecular complexity index is 1870. The normalized spacial score (nSPS) is 19.0. The van der Waals surface area contributed by atoms with Gasteiger partial charge in [0.15, 0.2) is 11.5 Å². The first kappa shape index (κ1) is 27.0. The summed E-state index contributed by atoms with van der Waals surface area (Å²) in [6.07, 6.45) is 3.63. The second-order valence-corrected chi connectivity index (χ2v) is 11.2. The molecule has 10 nitrogen and oxygen atoms in total. The zero-order chi connectivity index (χ0) is 30.0. The van der Waals surface area contributed by atoms with Crippen LogP contribution >= 0.6 is 0 Å². The minimum Gasteiger partial charge on any atom is -0.491 e. The van der Waals surface area contributed by atoms with Gasteiger partial charge in [-0.3, -0.25) is 9.78 Å². The van der Waals surface area contributed by atoms with Gasteiger partial charge in [0.25, 0.3) is 0 Å². The first-order valence-electron chi connectivity index (χ1n) is 14.3. The smallest absolute Gasteiger partial charge is 0.355 e. The molecule has 1 unspecified atom stereocenters. The first-order valence-corrected chi connectivity index (χ1v) is 14.3. The molecule has 3 aliphatic rings. The lowest BCUT2D eigenvalue weighted by Crippen LogP contribution is -2.49. The van der Waals surface area contributed by atoms with Crippen molar-refractivity contribution in [1.29, 1.82) is 0 Å². The topological polar surface area (TPSA) is 105 Å². The third-order valence-corrected chi connectivity index (χ3v) is 8.25. The molecule has 0 radical (unpaired) electrons. The van der Waals surface area contributed by atoms with Gasteiger partial charge in [0.05, 0.1) is 40.1 Å². The number of ether oxygens (including phenoxy) is 1. The summed E-state index contributed by atoms with van der Waals surface area (Å²) in [6.45, 7) is 8.75. The fourth-order valence-electron chi connectivity index (χ4n) is 6.21. The molecule has 12 heteroatoms. The van der Waals surface area contributed by atoms with Crippen LogP contribution in [-0.4, -0.2) is 68.7 Å². The Morgan fingerprint density at radius 3 is 2.79 bits per heavy atom. The molecule has 1 saturated heterocycles. The highest BCUT2D eigenvalue weighted by atomic mass is 19.1. The number of rotatable bonds is 3. The largest absolute Gasteiger partial charge is 0.491 e. The number of nitrogens with zero attached hydrogens (tertiary/aromatic N) is 6. The minimum atomic E-state index is -0.783. The Morgan fingerprint density at radius 1 is 1.16 bits per heavy atom. The van der Waals surface area contributed by atoms with Gasteiger partial charge in [-0.15, -0.1) is 0 Å². The number of hydrogen-bond acceptors (Lipinski definition) is 8. The van der Waals surface area contributed by atoms with Crippen molar-refractivity contribution in [3.8, 4) is 22.7 Å². The molecule has 1 aromatic carbocycles. The molecule has 2 atom stereocenters. The van der Waals surface area contributed by atoms with E-state index in [4.69, 9.17) is 4.74 Å². The molecule has 1 N–H and O–H groups in total. The van der Waals surface area contributed by atoms with Crippen LogP contribution < -0.4 is 20.6 Å². The van der Waals surface area contributed by atoms with Gasteiger partial charge in [-0.25, -0.2) is 23.1 Å². The molecule has 2 fully saturated rings. The van der Waals surface area contributed by atoms with Gasteiger partial charge < -0.3 is 19.9 Å². The standard InChI is InChI=1S/C31H29F2N7O3/c1-4-24(41)38-11-12-39(22-15-21(22)38)29-17-14-19(33)27-25-18(32)6-5-7-23(25)43-13-10-34-20-8-9-35-26(16(2)3)28(20)40(30(17)36-27)31(42)37-29/h4-9,14,16,21-22,34H,1,10-13,15H2,2-3H3/t21-,22?/m1/s1. The summed E-state index contributed by atoms with van der Waals surface area (Å²) in [5, 5.41) is 3.61. The van der Waals surface area contributed by atoms with Crippen molar-refractivity contribution >= 4 is 28.4 Å². The lowest BCUT2D eigenvalue weighted by atomic mass is 10.1. The maximum Gasteiger partial charge on any atom is 0.355 e. The van der Waals surface area contributed by atoms with Crippen LogP contribution in [0.2, 0.25) is 0 Å². The van der Waals surface area contributed by atoms with E-state index in [0.29, 0.717) is 43.1 Å². The molecule has 43 heavy (non-hydrogen) atoms. The van der Waals surface area contributed by atoms with Crippen LogP contribution in [0.1, 0.15) is 31.9 Å². The van der Waals surface area contributed by atoms with Crippen molar-refractivity contribution < 1.29 is 18.3 Å². The number of halogens is 2. The van der Waals surface area contributed by atoms with E-state index in [2.05, 4.69) is 26.8 Å². The van der Waals surface area contributed by atoms with Crippen molar-refractivity contribution in [2.24, 2.45) is 0 Å². The van der Waals surface area contributed by atoms with Gasteiger partial charge >= 0.3 is 5.69 Å². The summed E-state index contributed by atoms with van der Waals surface area (Å²) in [4.78, 5) is 43.9. The Labute approximate surface area is 245 Å². The van der Waals surface area contributed by atoms with Gasteiger partial charge in [-0.05, 0) is 42.7 Å². The van der Waals surface area contributed by atoms with Gasteiger partial charge in [0.1, 0.15) is 29.7 Å². The Balaban J connectivity index is 1.53. The van der Waals surface area contributed by atoms with E-state index in [9.17, 15) is 9.59 Å². The molecule has 5 heterocycles. The second-order valence-electron chi connectivity index (χ2n) is 11.2. The average Bonchev–Trinajstić information content (AvgIpc) is 3.79. The molecule has 1 saturated carbocycles. The summed E-state index contributed by atoms with van der Waals surface area (Å²) in [6, 6.07) is 7.13. The summed E-state index contributed by atoms with van der Waals surface area (Å²) < 4.78 is 38.7. The fourth-order valence-corrected chi connectivity index (χ4v) is 6.21. The van der Waals surface area contributed by atoms with Crippen LogP contribution in [0.25, 0.3) is 28.0 Å². The van der Waals surface area contributed by atoms with E-state index in [0.717, 1.165) is 0 Å². The molecule has 0 spiro atoms. The van der Waals surface area contributed by atoms with Gasteiger partial charge in [-0.1, -0.05) is 26.5 Å². The van der Waals surface area contributed by atoms with Crippen LogP contribution in [0.4, 0.5) is 20.3 Å². The number of aromatic nitrogens is 4. The van der Waals surface area contributed by atoms with Crippen LogP contribution in [0.5, 0.6) is 5.75 Å². The highest BCUT2D eigenvalue weighted by Gasteiger charge is 2.51. The monoisotopic (exact) mass is 585 g/mol. The van der Waals surface area contributed by atoms with E-state index in [1.807, 2.05) is 18.7 Å². The lowest BCUT2D eigenvalue weighted by molar-refractivity contribution is -0.126. The number of piperazine rings is 1. The Hall–Kier alpha value is -4.87. The maximum absolute atomic E-state index is 16.1. The molecule has 2 aliphatic heterocycles. The Morgan fingerprint density at radius 2 is 2.00 bits per heavy atom. The average molecular weight is 586 g/mol. The number of pyridine rings is 2. The summed E-state index contributed by atoms with van der Waals surface area (Å²) in [7, 11) is 0. The first-order chi connectivity index (χ1) is 20.8. The third-order valence-electron chi connectivity index (χ3n) is 8.25. The third kappa shape index (κ3) is 4.31. The van der Waals surface area contributed by atoms with Crippen LogP contribution in [0.15, 0.2) is 54.0 Å². The van der Waals surface area contributed by atoms with E-state index >= 15 is 8.78 Å². The SMILES string of the molecule is C=CC(=O)N1CCN(c2nc(=O)n3c4nc(c(F)cc24)-c2c(F)cccc2OCCNc2ccnc(C(C)C)c2-3)C2C[C@H]21. The van der Waals surface area contributed by atoms with E-state index < -0.39 is 17.3 Å². The molecule has 3 aromatic heterocycles. The fraction of sp³-hybridized carbons (Fsp3) is 0.323. The van der Waals surface area contributed by atoms with Gasteiger partial charge in [0, 0.05) is 25.8 Å². The second kappa shape index (κ2) is 10.1. The molecule has 1 aliphatic carbocycles. The maximum atomic E-state index is 16.1. The van der Waals surface area contributed by atoms with Crippen LogP contribution in [0.3, 0.4) is 0 Å².